The van der Waals surface area contributed by atoms with Gasteiger partial charge in [-0.3, -0.25) is 4.79 Å². The van der Waals surface area contributed by atoms with E-state index in [1.54, 1.807) is 0 Å². The number of carbonyl (C=O) groups is 1. The zero-order valence-electron chi connectivity index (χ0n) is 8.42. The molecule has 1 aliphatic carbocycles. The van der Waals surface area contributed by atoms with Crippen LogP contribution in [0.15, 0.2) is 0 Å². The van der Waals surface area contributed by atoms with Gasteiger partial charge in [0.1, 0.15) is 23.9 Å². The first-order chi connectivity index (χ1) is 7.57. The number of carbonyl (C=O) groups excluding carboxylic acids is 1. The highest BCUT2D eigenvalue weighted by molar-refractivity contribution is 7.43. The van der Waals surface area contributed by atoms with Crippen molar-refractivity contribution in [3.05, 3.63) is 0 Å². The first kappa shape index (κ1) is 14.7. The molecule has 0 aromatic rings. The van der Waals surface area contributed by atoms with Crippen molar-refractivity contribution >= 4 is 13.6 Å². The predicted octanol–water partition coefficient (Wildman–Crippen LogP) is -4.38. The third-order valence-corrected chi connectivity index (χ3v) is 2.93. The third-order valence-electron chi connectivity index (χ3n) is 2.48. The number of phosphoric acid groups is 1. The molecule has 0 amide bonds. The molecule has 1 aliphatic rings. The van der Waals surface area contributed by atoms with Crippen LogP contribution >= 0.6 is 7.82 Å². The zero-order valence-corrected chi connectivity index (χ0v) is 9.32. The summed E-state index contributed by atoms with van der Waals surface area (Å²) in [7, 11) is -5.38. The van der Waals surface area contributed by atoms with Gasteiger partial charge < -0.3 is 39.3 Å². The van der Waals surface area contributed by atoms with Crippen LogP contribution in [-0.4, -0.2) is 56.7 Å². The maximum Gasteiger partial charge on any atom is 0.167 e. The molecular formula is C7H11O9P-2. The minimum Gasteiger partial charge on any atom is -0.790 e. The van der Waals surface area contributed by atoms with Gasteiger partial charge in [-0.1, -0.05) is 0 Å². The van der Waals surface area contributed by atoms with Crippen LogP contribution < -0.4 is 9.79 Å². The minimum absolute atomic E-state index is 0.841. The van der Waals surface area contributed by atoms with Gasteiger partial charge in [-0.2, -0.15) is 0 Å². The Morgan fingerprint density at radius 2 is 1.94 bits per heavy atom. The average molecular weight is 270 g/mol. The van der Waals surface area contributed by atoms with Crippen LogP contribution in [-0.2, 0) is 13.9 Å². The molecule has 0 aromatic carbocycles. The largest absolute Gasteiger partial charge is 0.790 e. The van der Waals surface area contributed by atoms with E-state index in [0.717, 1.165) is 0 Å². The molecule has 0 aliphatic heterocycles. The lowest BCUT2D eigenvalue weighted by Gasteiger charge is -2.42. The van der Waals surface area contributed by atoms with Crippen molar-refractivity contribution in [2.24, 2.45) is 0 Å². The van der Waals surface area contributed by atoms with Gasteiger partial charge in [0.25, 0.3) is 0 Å². The monoisotopic (exact) mass is 270 g/mol. The van der Waals surface area contributed by atoms with Gasteiger partial charge in [0.15, 0.2) is 5.78 Å². The second kappa shape index (κ2) is 4.71. The molecular weight excluding hydrogens is 259 g/mol. The van der Waals surface area contributed by atoms with Crippen molar-refractivity contribution in [2.45, 2.75) is 30.3 Å². The summed E-state index contributed by atoms with van der Waals surface area (Å²) >= 11 is 0. The highest BCUT2D eigenvalue weighted by Crippen LogP contribution is 2.33. The molecule has 0 heterocycles. The normalized spacial score (nSPS) is 39.4. The van der Waals surface area contributed by atoms with E-state index in [2.05, 4.69) is 4.52 Å². The molecule has 0 saturated heterocycles. The first-order valence-corrected chi connectivity index (χ1v) is 5.99. The van der Waals surface area contributed by atoms with E-state index in [1.165, 1.54) is 0 Å². The Labute approximate surface area is 95.5 Å². The topological polar surface area (TPSA) is 170 Å². The fourth-order valence-corrected chi connectivity index (χ4v) is 1.90. The van der Waals surface area contributed by atoms with Crippen molar-refractivity contribution in [2.75, 3.05) is 6.61 Å². The maximum atomic E-state index is 11.1. The van der Waals surface area contributed by atoms with Gasteiger partial charge in [-0.05, 0) is 0 Å². The number of hydrogen-bond donors (Lipinski definition) is 4. The number of Topliss-reactive ketones (excluding diaryl/α,β-unsaturated/α-hetero) is 1. The van der Waals surface area contributed by atoms with Crippen molar-refractivity contribution in [1.29, 1.82) is 0 Å². The summed E-state index contributed by atoms with van der Waals surface area (Å²) in [6, 6.07) is 0. The lowest BCUT2D eigenvalue weighted by Crippen LogP contribution is -2.63. The van der Waals surface area contributed by atoms with Crippen LogP contribution in [0.1, 0.15) is 6.42 Å². The van der Waals surface area contributed by atoms with Gasteiger partial charge in [-0.25, -0.2) is 0 Å². The second-order valence-electron chi connectivity index (χ2n) is 3.85. The van der Waals surface area contributed by atoms with Crippen LogP contribution in [0.2, 0.25) is 0 Å². The molecule has 0 radical (unpaired) electrons. The number of hydrogen-bond acceptors (Lipinski definition) is 9. The van der Waals surface area contributed by atoms with E-state index < -0.39 is 50.5 Å². The van der Waals surface area contributed by atoms with Crippen LogP contribution in [0.25, 0.3) is 0 Å². The Morgan fingerprint density at radius 3 is 2.41 bits per heavy atom. The molecule has 0 aromatic heterocycles. The Hall–Kier alpha value is -0.380. The Balaban J connectivity index is 2.81. The quantitative estimate of drug-likeness (QED) is 0.369. The molecule has 0 unspecified atom stereocenters. The lowest BCUT2D eigenvalue weighted by molar-refractivity contribution is -0.345. The summed E-state index contributed by atoms with van der Waals surface area (Å²) < 4.78 is 14.0. The van der Waals surface area contributed by atoms with E-state index in [1.807, 2.05) is 0 Å². The van der Waals surface area contributed by atoms with Crippen LogP contribution in [0, 0.1) is 0 Å². The van der Waals surface area contributed by atoms with Crippen LogP contribution in [0.5, 0.6) is 0 Å². The number of rotatable bonds is 3. The highest BCUT2D eigenvalue weighted by atomic mass is 31.2. The summed E-state index contributed by atoms with van der Waals surface area (Å²) in [6.07, 6.45) is -6.72. The first-order valence-electron chi connectivity index (χ1n) is 4.53. The Bertz CT molecular complexity index is 351. The molecule has 4 atom stereocenters. The van der Waals surface area contributed by atoms with Gasteiger partial charge in [0.2, 0.25) is 0 Å². The standard InChI is InChI=1S/C7H13O9P/c8-3-1-7(12,2-16-17(13,14)15)6(11)5(10)4(3)9/h4-6,9-12H,1-2H2,(H2,13,14,15)/p-2/t4-,5-,6+,7-/m1/s1. The van der Waals surface area contributed by atoms with E-state index in [-0.39, 0.29) is 0 Å². The fraction of sp³-hybridized carbons (Fsp3) is 0.857. The van der Waals surface area contributed by atoms with Crippen LogP contribution in [0.3, 0.4) is 0 Å². The van der Waals surface area contributed by atoms with Crippen LogP contribution in [0.4, 0.5) is 0 Å². The SMILES string of the molecule is O=C1C[C@@](O)(COP(=O)([O-])[O-])[C@@H](O)[C@H](O)[C@@H]1O. The minimum atomic E-state index is -5.38. The number of aliphatic hydroxyl groups excluding tert-OH is 3. The second-order valence-corrected chi connectivity index (χ2v) is 5.00. The molecule has 100 valence electrons. The summed E-state index contributed by atoms with van der Waals surface area (Å²) in [5.41, 5.74) is -2.43. The van der Waals surface area contributed by atoms with Gasteiger partial charge in [-0.15, -0.1) is 0 Å². The maximum absolute atomic E-state index is 11.1. The summed E-state index contributed by atoms with van der Waals surface area (Å²) in [4.78, 5) is 31.5. The Kier molecular flexibility index (Phi) is 4.07. The van der Waals surface area contributed by atoms with E-state index in [0.29, 0.717) is 0 Å². The van der Waals surface area contributed by atoms with E-state index in [4.69, 9.17) is 5.11 Å². The van der Waals surface area contributed by atoms with Crippen molar-refractivity contribution in [3.63, 3.8) is 0 Å². The smallest absolute Gasteiger partial charge is 0.167 e. The average Bonchev–Trinajstić information content (AvgIpc) is 2.20. The van der Waals surface area contributed by atoms with Crippen molar-refractivity contribution in [3.8, 4) is 0 Å². The number of phosphoric ester groups is 1. The summed E-state index contributed by atoms with van der Waals surface area (Å²) in [5, 5.41) is 37.4. The zero-order chi connectivity index (χ0) is 13.4. The lowest BCUT2D eigenvalue weighted by atomic mass is 9.78. The van der Waals surface area contributed by atoms with E-state index >= 15 is 0 Å². The van der Waals surface area contributed by atoms with Crippen molar-refractivity contribution < 1.29 is 44.1 Å². The Morgan fingerprint density at radius 1 is 1.41 bits per heavy atom. The molecule has 1 fully saturated rings. The molecule has 17 heavy (non-hydrogen) atoms. The molecule has 0 spiro atoms. The molecule has 1 saturated carbocycles. The van der Waals surface area contributed by atoms with Crippen molar-refractivity contribution in [1.82, 2.24) is 0 Å². The van der Waals surface area contributed by atoms with Gasteiger partial charge >= 0.3 is 0 Å². The third kappa shape index (κ3) is 3.30. The molecule has 0 bridgehead atoms. The predicted molar refractivity (Wildman–Crippen MR) is 46.2 cm³/mol. The summed E-state index contributed by atoms with van der Waals surface area (Å²) in [5.74, 6) is -1.000. The molecule has 10 heteroatoms. The number of aliphatic hydroxyl groups is 4. The molecule has 1 rings (SSSR count). The van der Waals surface area contributed by atoms with Gasteiger partial charge in [0.05, 0.1) is 14.4 Å². The van der Waals surface area contributed by atoms with E-state index in [9.17, 15) is 34.5 Å². The molecule has 4 N–H and O–H groups in total. The highest BCUT2D eigenvalue weighted by Gasteiger charge is 2.51. The number of ketones is 1. The summed E-state index contributed by atoms with van der Waals surface area (Å²) in [6.45, 7) is -1.17. The fourth-order valence-electron chi connectivity index (χ4n) is 1.52. The van der Waals surface area contributed by atoms with Gasteiger partial charge in [0, 0.05) is 6.42 Å². The molecule has 9 nitrogen and oxygen atoms in total.